The van der Waals surface area contributed by atoms with Gasteiger partial charge in [-0.3, -0.25) is 4.79 Å². The summed E-state index contributed by atoms with van der Waals surface area (Å²) in [7, 11) is -9.92. The number of carbonyl (C=O) groups excluding carboxylic acids is 1. The van der Waals surface area contributed by atoms with Crippen LogP contribution in [0.4, 0.5) is 23.8 Å². The summed E-state index contributed by atoms with van der Waals surface area (Å²) in [6, 6.07) is 12.4. The molecule has 200 valence electrons. The van der Waals surface area contributed by atoms with Crippen molar-refractivity contribution in [2.24, 2.45) is 0 Å². The molecule has 6 nitrogen and oxygen atoms in total. The van der Waals surface area contributed by atoms with Gasteiger partial charge >= 0.3 is 10.2 Å². The van der Waals surface area contributed by atoms with Crippen molar-refractivity contribution in [3.8, 4) is 29.4 Å². The summed E-state index contributed by atoms with van der Waals surface area (Å²) in [6.45, 7) is 0.661. The molecular weight excluding hydrogens is 560 g/mol. The molecule has 0 radical (unpaired) electrons. The van der Waals surface area contributed by atoms with Crippen molar-refractivity contribution in [2.45, 2.75) is 17.4 Å². The number of hydrogen-bond donors (Lipinski definition) is 1. The summed E-state index contributed by atoms with van der Waals surface area (Å²) in [5.41, 5.74) is -2.09. The Kier molecular flexibility index (Phi) is 7.01. The summed E-state index contributed by atoms with van der Waals surface area (Å²) in [6.07, 6.45) is 0. The summed E-state index contributed by atoms with van der Waals surface area (Å²) < 4.78 is 89.9. The third-order valence-electron chi connectivity index (χ3n) is 4.90. The first kappa shape index (κ1) is 28.5. The lowest BCUT2D eigenvalue weighted by atomic mass is 10.0. The molecule has 1 amide bonds. The van der Waals surface area contributed by atoms with E-state index in [2.05, 4.69) is 5.32 Å². The topological polar surface area (TPSA) is 95.1 Å². The van der Waals surface area contributed by atoms with Crippen molar-refractivity contribution in [3.63, 3.8) is 0 Å². The second-order valence-corrected chi connectivity index (χ2v) is 11.0. The minimum atomic E-state index is -9.92. The summed E-state index contributed by atoms with van der Waals surface area (Å²) in [4.78, 5) is 10.4. The molecule has 1 N–H and O–H groups in total. The van der Waals surface area contributed by atoms with E-state index < -0.39 is 44.6 Å². The minimum absolute atomic E-state index is 0.0524. The van der Waals surface area contributed by atoms with Gasteiger partial charge < -0.3 is 14.8 Å². The number of hydrogen-bond acceptors (Lipinski definition) is 5. The van der Waals surface area contributed by atoms with Crippen molar-refractivity contribution in [1.82, 2.24) is 5.32 Å². The number of nitrogens with zero attached hydrogens (tertiary/aromatic N) is 2. The van der Waals surface area contributed by atoms with Crippen LogP contribution in [-0.2, 0) is 0 Å². The highest BCUT2D eigenvalue weighted by molar-refractivity contribution is 8.45. The fourth-order valence-corrected chi connectivity index (χ4v) is 3.77. The van der Waals surface area contributed by atoms with Gasteiger partial charge in [0.05, 0.1) is 17.7 Å². The molecule has 1 atom stereocenters. The molecule has 0 aliphatic heterocycles. The van der Waals surface area contributed by atoms with E-state index >= 15 is 0 Å². The van der Waals surface area contributed by atoms with E-state index in [1.165, 1.54) is 37.3 Å². The predicted molar refractivity (Wildman–Crippen MR) is 127 cm³/mol. The van der Waals surface area contributed by atoms with Gasteiger partial charge in [-0.1, -0.05) is 31.0 Å². The normalized spacial score (nSPS) is 14.6. The molecule has 3 aromatic carbocycles. The minimum Gasteiger partial charge on any atom is -0.486 e. The van der Waals surface area contributed by atoms with Crippen LogP contribution in [0.1, 0.15) is 22.8 Å². The van der Waals surface area contributed by atoms with Gasteiger partial charge in [0.2, 0.25) is 0 Å². The van der Waals surface area contributed by atoms with Gasteiger partial charge in [0.25, 0.3) is 5.91 Å². The lowest BCUT2D eigenvalue weighted by Crippen LogP contribution is -2.49. The molecular formula is C24H16ClF6N3O3S. The Balaban J connectivity index is 1.80. The Morgan fingerprint density at radius 1 is 0.974 bits per heavy atom. The molecule has 0 bridgehead atoms. The van der Waals surface area contributed by atoms with Crippen LogP contribution in [0.3, 0.4) is 0 Å². The van der Waals surface area contributed by atoms with Crippen LogP contribution in [0.5, 0.6) is 17.2 Å². The molecule has 3 aromatic rings. The van der Waals surface area contributed by atoms with Crippen molar-refractivity contribution in [2.75, 3.05) is 6.61 Å². The molecule has 0 fully saturated rings. The van der Waals surface area contributed by atoms with E-state index in [-0.39, 0.29) is 40.0 Å². The fraction of sp³-hybridized carbons (Fsp3) is 0.125. The van der Waals surface area contributed by atoms with Gasteiger partial charge in [0, 0.05) is 16.7 Å². The lowest BCUT2D eigenvalue weighted by molar-refractivity contribution is 0.0900. The smallest absolute Gasteiger partial charge is 0.310 e. The van der Waals surface area contributed by atoms with E-state index in [1.54, 1.807) is 6.07 Å². The zero-order valence-corrected chi connectivity index (χ0v) is 20.7. The van der Waals surface area contributed by atoms with Crippen LogP contribution in [0.2, 0.25) is 5.02 Å². The zero-order chi connectivity index (χ0) is 28.4. The maximum Gasteiger partial charge on any atom is 0.310 e. The van der Waals surface area contributed by atoms with Gasteiger partial charge in [-0.25, -0.2) is 4.39 Å². The molecule has 0 aliphatic carbocycles. The maximum atomic E-state index is 14.2. The van der Waals surface area contributed by atoms with E-state index in [0.29, 0.717) is 12.1 Å². The number of rotatable bonds is 8. The lowest BCUT2D eigenvalue weighted by Gasteiger charge is -2.40. The highest BCUT2D eigenvalue weighted by Crippen LogP contribution is 3.02. The largest absolute Gasteiger partial charge is 0.486 e. The molecule has 0 saturated carbocycles. The van der Waals surface area contributed by atoms with E-state index in [9.17, 15) is 39.1 Å². The van der Waals surface area contributed by atoms with Crippen LogP contribution in [0.15, 0.2) is 65.6 Å². The van der Waals surface area contributed by atoms with Gasteiger partial charge in [-0.05, 0) is 61.5 Å². The van der Waals surface area contributed by atoms with Gasteiger partial charge in [-0.15, -0.1) is 0 Å². The van der Waals surface area contributed by atoms with Crippen LogP contribution >= 0.6 is 21.8 Å². The average molecular weight is 576 g/mol. The maximum absolute atomic E-state index is 14.2. The molecule has 14 heteroatoms. The highest BCUT2D eigenvalue weighted by atomic mass is 35.5. The quantitative estimate of drug-likeness (QED) is 0.276. The number of amides is 1. The first-order chi connectivity index (χ1) is 17.4. The third-order valence-corrected chi connectivity index (χ3v) is 6.30. The van der Waals surface area contributed by atoms with Crippen LogP contribution in [-0.4, -0.2) is 18.1 Å². The Labute approximate surface area is 217 Å². The fourth-order valence-electron chi connectivity index (χ4n) is 2.96. The van der Waals surface area contributed by atoms with Crippen molar-refractivity contribution in [1.29, 1.82) is 10.5 Å². The number of nitriles is 2. The Bertz CT molecular complexity index is 1490. The molecule has 1 unspecified atom stereocenters. The zero-order valence-electron chi connectivity index (χ0n) is 19.2. The summed E-state index contributed by atoms with van der Waals surface area (Å²) >= 11 is 5.73. The first-order valence-electron chi connectivity index (χ1n) is 10.3. The second kappa shape index (κ2) is 9.35. The van der Waals surface area contributed by atoms with Gasteiger partial charge in [0.1, 0.15) is 11.5 Å². The van der Waals surface area contributed by atoms with Crippen molar-refractivity contribution >= 4 is 27.7 Å². The molecule has 0 aromatic heterocycles. The monoisotopic (exact) mass is 575 g/mol. The van der Waals surface area contributed by atoms with Crippen LogP contribution in [0, 0.1) is 28.5 Å². The Morgan fingerprint density at radius 2 is 1.61 bits per heavy atom. The van der Waals surface area contributed by atoms with Gasteiger partial charge in [-0.2, -0.15) is 10.5 Å². The predicted octanol–water partition coefficient (Wildman–Crippen LogP) is 7.89. The number of ether oxygens (including phenoxy) is 2. The summed E-state index contributed by atoms with van der Waals surface area (Å²) in [5.74, 6) is -2.22. The third kappa shape index (κ3) is 7.03. The van der Waals surface area contributed by atoms with E-state index in [4.69, 9.17) is 21.1 Å². The van der Waals surface area contributed by atoms with Crippen molar-refractivity contribution < 1.29 is 38.1 Å². The molecule has 3 rings (SSSR count). The number of nitrogens with one attached hydrogen (secondary N) is 1. The van der Waals surface area contributed by atoms with E-state index in [1.807, 2.05) is 6.07 Å². The van der Waals surface area contributed by atoms with Gasteiger partial charge in [0.15, 0.2) is 28.6 Å². The van der Waals surface area contributed by atoms with Crippen LogP contribution < -0.4 is 14.8 Å². The van der Waals surface area contributed by atoms with Crippen molar-refractivity contribution in [3.05, 3.63) is 82.6 Å². The summed E-state index contributed by atoms with van der Waals surface area (Å²) in [5, 5.41) is 21.2. The Morgan fingerprint density at radius 3 is 2.16 bits per heavy atom. The SMILES string of the molecule is CC(C#N)(COc1cc(C#N)ccc1Oc1ccc(Cl)cc1F)NC(=O)c1ccc(S(F)(F)(F)(F)F)cc1. The first-order valence-corrected chi connectivity index (χ1v) is 12.6. The van der Waals surface area contributed by atoms with Crippen LogP contribution in [0.25, 0.3) is 0 Å². The Hall–Kier alpha value is -4.07. The number of halogens is 7. The second-order valence-electron chi connectivity index (χ2n) is 8.13. The number of benzene rings is 3. The standard InChI is InChI=1S/C24H16ClF6N3O3S/c1-24(13-33,34-23(35)16-3-6-18(7-4-16)38(27,28,29,30)31)14-36-22-10-15(12-32)2-8-21(22)37-20-9-5-17(25)11-19(20)26/h2-11H,14H2,1H3,(H,34,35). The number of carbonyl (C=O) groups is 1. The molecule has 0 heterocycles. The molecule has 38 heavy (non-hydrogen) atoms. The molecule has 0 spiro atoms. The molecule has 0 aliphatic rings. The molecule has 0 saturated heterocycles. The van der Waals surface area contributed by atoms with E-state index in [0.717, 1.165) is 6.07 Å². The highest BCUT2D eigenvalue weighted by Gasteiger charge is 2.65. The average Bonchev–Trinajstić information content (AvgIpc) is 2.83.